The van der Waals surface area contributed by atoms with E-state index in [1.807, 2.05) is 30.3 Å². The Balaban J connectivity index is 2.23. The Hall–Kier alpha value is -2.00. The van der Waals surface area contributed by atoms with Crippen LogP contribution in [0.25, 0.3) is 20.5 Å². The molecule has 3 aromatic rings. The number of carbonyl (C=O) groups excluding carboxylic acids is 1. The van der Waals surface area contributed by atoms with Crippen molar-refractivity contribution in [2.24, 2.45) is 0 Å². The van der Waals surface area contributed by atoms with Gasteiger partial charge in [-0.2, -0.15) is 0 Å². The van der Waals surface area contributed by atoms with Crippen LogP contribution in [0.5, 0.6) is 0 Å². The van der Waals surface area contributed by atoms with Crippen molar-refractivity contribution in [1.29, 1.82) is 0 Å². The Kier molecular flexibility index (Phi) is 2.68. The van der Waals surface area contributed by atoms with Crippen LogP contribution in [0.15, 0.2) is 48.5 Å². The Morgan fingerprint density at radius 3 is 2.67 bits per heavy atom. The highest BCUT2D eigenvalue weighted by atomic mass is 32.1. The van der Waals surface area contributed by atoms with Gasteiger partial charge in [0, 0.05) is 15.1 Å². The number of halogens is 1. The molecule has 0 aliphatic carbocycles. The number of thiophene rings is 1. The van der Waals surface area contributed by atoms with Gasteiger partial charge in [-0.25, -0.2) is 4.39 Å². The zero-order valence-electron chi connectivity index (χ0n) is 9.39. The predicted molar refractivity (Wildman–Crippen MR) is 72.6 cm³/mol. The molecule has 0 aliphatic heterocycles. The molecule has 2 aromatic carbocycles. The third-order valence-electron chi connectivity index (χ3n) is 2.85. The van der Waals surface area contributed by atoms with Gasteiger partial charge in [-0.3, -0.25) is 4.79 Å². The largest absolute Gasteiger partial charge is 0.298 e. The van der Waals surface area contributed by atoms with Crippen LogP contribution in [0.1, 0.15) is 10.4 Å². The van der Waals surface area contributed by atoms with E-state index < -0.39 is 5.82 Å². The summed E-state index contributed by atoms with van der Waals surface area (Å²) in [5.41, 5.74) is 0.589. The van der Waals surface area contributed by atoms with Crippen molar-refractivity contribution >= 4 is 27.7 Å². The van der Waals surface area contributed by atoms with Gasteiger partial charge in [-0.15, -0.1) is 11.3 Å². The molecule has 3 heteroatoms. The van der Waals surface area contributed by atoms with Crippen molar-refractivity contribution in [3.8, 4) is 10.4 Å². The van der Waals surface area contributed by atoms with Gasteiger partial charge in [0.2, 0.25) is 0 Å². The molecule has 0 unspecified atom stereocenters. The Labute approximate surface area is 108 Å². The standard InChI is InChI=1S/C15H9FOS/c16-15-11(9-17)5-3-6-12(15)14-8-10-4-1-2-7-13(10)18-14/h1-9H. The van der Waals surface area contributed by atoms with E-state index in [9.17, 15) is 9.18 Å². The molecular formula is C15H9FOS. The summed E-state index contributed by atoms with van der Waals surface area (Å²) in [7, 11) is 0. The van der Waals surface area contributed by atoms with Gasteiger partial charge < -0.3 is 0 Å². The average molecular weight is 256 g/mol. The van der Waals surface area contributed by atoms with E-state index in [1.54, 1.807) is 12.1 Å². The molecule has 0 aliphatic rings. The van der Waals surface area contributed by atoms with Gasteiger partial charge in [-0.1, -0.05) is 30.3 Å². The summed E-state index contributed by atoms with van der Waals surface area (Å²) in [4.78, 5) is 11.6. The van der Waals surface area contributed by atoms with Gasteiger partial charge in [0.1, 0.15) is 5.82 Å². The summed E-state index contributed by atoms with van der Waals surface area (Å²) in [5.74, 6) is -0.445. The first-order chi connectivity index (χ1) is 8.79. The quantitative estimate of drug-likeness (QED) is 0.616. The molecule has 0 N–H and O–H groups in total. The fourth-order valence-corrected chi connectivity index (χ4v) is 3.03. The summed E-state index contributed by atoms with van der Waals surface area (Å²) in [6, 6.07) is 14.8. The molecule has 3 rings (SSSR count). The molecule has 1 nitrogen and oxygen atoms in total. The molecular weight excluding hydrogens is 247 g/mol. The third-order valence-corrected chi connectivity index (χ3v) is 4.00. The van der Waals surface area contributed by atoms with Crippen molar-refractivity contribution in [3.05, 3.63) is 59.9 Å². The van der Waals surface area contributed by atoms with E-state index in [2.05, 4.69) is 0 Å². The molecule has 1 heterocycles. The molecule has 0 saturated carbocycles. The lowest BCUT2D eigenvalue weighted by molar-refractivity contribution is 0.112. The highest BCUT2D eigenvalue weighted by Gasteiger charge is 2.11. The van der Waals surface area contributed by atoms with E-state index in [4.69, 9.17) is 0 Å². The minimum absolute atomic E-state index is 0.102. The summed E-state index contributed by atoms with van der Waals surface area (Å²) < 4.78 is 15.2. The van der Waals surface area contributed by atoms with Gasteiger partial charge in [0.25, 0.3) is 0 Å². The number of rotatable bonds is 2. The predicted octanol–water partition coefficient (Wildman–Crippen LogP) is 4.52. The SMILES string of the molecule is O=Cc1cccc(-c2cc3ccccc3s2)c1F. The zero-order chi connectivity index (χ0) is 12.5. The first-order valence-corrected chi connectivity index (χ1v) is 6.34. The van der Waals surface area contributed by atoms with Crippen molar-refractivity contribution in [2.75, 3.05) is 0 Å². The fourth-order valence-electron chi connectivity index (χ4n) is 1.95. The number of hydrogen-bond acceptors (Lipinski definition) is 2. The lowest BCUT2D eigenvalue weighted by atomic mass is 10.1. The molecule has 0 fully saturated rings. The molecule has 0 amide bonds. The number of aldehydes is 1. The molecule has 0 saturated heterocycles. The van der Waals surface area contributed by atoms with Crippen LogP contribution in [-0.4, -0.2) is 6.29 Å². The summed E-state index contributed by atoms with van der Waals surface area (Å²) >= 11 is 1.53. The van der Waals surface area contributed by atoms with E-state index in [1.165, 1.54) is 17.4 Å². The van der Waals surface area contributed by atoms with Crippen LogP contribution >= 0.6 is 11.3 Å². The molecule has 0 bridgehead atoms. The highest BCUT2D eigenvalue weighted by molar-refractivity contribution is 7.22. The van der Waals surface area contributed by atoms with Crippen LogP contribution in [0.3, 0.4) is 0 Å². The molecule has 1 aromatic heterocycles. The highest BCUT2D eigenvalue weighted by Crippen LogP contribution is 2.35. The Morgan fingerprint density at radius 1 is 1.06 bits per heavy atom. The van der Waals surface area contributed by atoms with Gasteiger partial charge in [0.05, 0.1) is 5.56 Å². The average Bonchev–Trinajstić information content (AvgIpc) is 2.82. The monoisotopic (exact) mass is 256 g/mol. The summed E-state index contributed by atoms with van der Waals surface area (Å²) in [5, 5.41) is 1.09. The fraction of sp³-hybridized carbons (Fsp3) is 0. The number of benzene rings is 2. The zero-order valence-corrected chi connectivity index (χ0v) is 10.2. The maximum absolute atomic E-state index is 14.1. The lowest BCUT2D eigenvalue weighted by Crippen LogP contribution is -1.89. The van der Waals surface area contributed by atoms with E-state index in [0.29, 0.717) is 11.8 Å². The van der Waals surface area contributed by atoms with E-state index in [0.717, 1.165) is 15.0 Å². The van der Waals surface area contributed by atoms with Crippen molar-refractivity contribution in [1.82, 2.24) is 0 Å². The maximum atomic E-state index is 14.1. The minimum Gasteiger partial charge on any atom is -0.298 e. The van der Waals surface area contributed by atoms with Crippen LogP contribution in [0.2, 0.25) is 0 Å². The first kappa shape index (κ1) is 11.1. The number of hydrogen-bond donors (Lipinski definition) is 0. The molecule has 0 spiro atoms. The van der Waals surface area contributed by atoms with Crippen molar-refractivity contribution in [3.63, 3.8) is 0 Å². The smallest absolute Gasteiger partial charge is 0.153 e. The minimum atomic E-state index is -0.445. The second-order valence-electron chi connectivity index (χ2n) is 3.98. The molecule has 0 atom stereocenters. The normalized spacial score (nSPS) is 10.7. The first-order valence-electron chi connectivity index (χ1n) is 5.52. The van der Waals surface area contributed by atoms with Crippen LogP contribution < -0.4 is 0 Å². The number of fused-ring (bicyclic) bond motifs is 1. The number of carbonyl (C=O) groups is 1. The maximum Gasteiger partial charge on any atom is 0.153 e. The van der Waals surface area contributed by atoms with Gasteiger partial charge in [0.15, 0.2) is 6.29 Å². The molecule has 0 radical (unpaired) electrons. The van der Waals surface area contributed by atoms with E-state index >= 15 is 0 Å². The van der Waals surface area contributed by atoms with Gasteiger partial charge >= 0.3 is 0 Å². The van der Waals surface area contributed by atoms with Crippen LogP contribution in [-0.2, 0) is 0 Å². The van der Waals surface area contributed by atoms with Gasteiger partial charge in [-0.05, 0) is 23.6 Å². The molecule has 18 heavy (non-hydrogen) atoms. The Morgan fingerprint density at radius 2 is 1.89 bits per heavy atom. The van der Waals surface area contributed by atoms with Crippen molar-refractivity contribution < 1.29 is 9.18 Å². The third kappa shape index (κ3) is 1.73. The second-order valence-corrected chi connectivity index (χ2v) is 5.06. The van der Waals surface area contributed by atoms with Crippen molar-refractivity contribution in [2.45, 2.75) is 0 Å². The topological polar surface area (TPSA) is 17.1 Å². The Bertz CT molecular complexity index is 697. The van der Waals surface area contributed by atoms with Crippen LogP contribution in [0.4, 0.5) is 4.39 Å². The second kappa shape index (κ2) is 4.35. The van der Waals surface area contributed by atoms with E-state index in [-0.39, 0.29) is 5.56 Å². The lowest BCUT2D eigenvalue weighted by Gasteiger charge is -2.01. The van der Waals surface area contributed by atoms with Crippen LogP contribution in [0, 0.1) is 5.82 Å². The summed E-state index contributed by atoms with van der Waals surface area (Å²) in [6.45, 7) is 0. The summed E-state index contributed by atoms with van der Waals surface area (Å²) in [6.07, 6.45) is 0.548. The molecule has 88 valence electrons.